The molecule has 0 aliphatic rings. The van der Waals surface area contributed by atoms with E-state index in [2.05, 4.69) is 24.9 Å². The summed E-state index contributed by atoms with van der Waals surface area (Å²) in [4.78, 5) is 4.47. The summed E-state index contributed by atoms with van der Waals surface area (Å²) < 4.78 is 0. The standard InChI is InChI=1S/C16H19NO/c1-11(2)15-8-16(12(3)17-9-15)14-6-4-13(10-18)5-7-14/h4-9,11,18H,10H2,1-3H3. The van der Waals surface area contributed by atoms with Crippen LogP contribution in [0.2, 0.25) is 0 Å². The number of hydrogen-bond acceptors (Lipinski definition) is 2. The van der Waals surface area contributed by atoms with Crippen molar-refractivity contribution in [3.05, 3.63) is 53.3 Å². The summed E-state index contributed by atoms with van der Waals surface area (Å²) in [6.45, 7) is 6.46. The Morgan fingerprint density at radius 2 is 1.83 bits per heavy atom. The fourth-order valence-electron chi connectivity index (χ4n) is 1.95. The van der Waals surface area contributed by atoms with Gasteiger partial charge in [0.1, 0.15) is 0 Å². The average Bonchev–Trinajstić information content (AvgIpc) is 2.39. The van der Waals surface area contributed by atoms with Crippen molar-refractivity contribution >= 4 is 0 Å². The summed E-state index contributed by atoms with van der Waals surface area (Å²) in [5, 5.41) is 9.06. The van der Waals surface area contributed by atoms with Gasteiger partial charge in [0.05, 0.1) is 6.61 Å². The van der Waals surface area contributed by atoms with Crippen LogP contribution in [0.25, 0.3) is 11.1 Å². The van der Waals surface area contributed by atoms with Crippen LogP contribution >= 0.6 is 0 Å². The van der Waals surface area contributed by atoms with E-state index in [9.17, 15) is 0 Å². The predicted molar refractivity (Wildman–Crippen MR) is 74.4 cm³/mol. The molecule has 0 amide bonds. The van der Waals surface area contributed by atoms with Crippen LogP contribution in [0, 0.1) is 6.92 Å². The molecule has 1 N–H and O–H groups in total. The number of aromatic nitrogens is 1. The highest BCUT2D eigenvalue weighted by Gasteiger charge is 2.07. The molecule has 1 aromatic carbocycles. The number of rotatable bonds is 3. The molecule has 1 heterocycles. The maximum absolute atomic E-state index is 9.06. The third-order valence-corrected chi connectivity index (χ3v) is 3.22. The fourth-order valence-corrected chi connectivity index (χ4v) is 1.95. The van der Waals surface area contributed by atoms with Gasteiger partial charge in [0.2, 0.25) is 0 Å². The second-order valence-corrected chi connectivity index (χ2v) is 4.91. The van der Waals surface area contributed by atoms with E-state index in [1.54, 1.807) is 0 Å². The Hall–Kier alpha value is -1.67. The van der Waals surface area contributed by atoms with Crippen molar-refractivity contribution in [2.45, 2.75) is 33.3 Å². The van der Waals surface area contributed by atoms with Gasteiger partial charge in [-0.2, -0.15) is 0 Å². The Morgan fingerprint density at radius 1 is 1.17 bits per heavy atom. The molecule has 1 aromatic heterocycles. The summed E-state index contributed by atoms with van der Waals surface area (Å²) in [7, 11) is 0. The Kier molecular flexibility index (Phi) is 3.78. The van der Waals surface area contributed by atoms with Crippen molar-refractivity contribution in [2.24, 2.45) is 0 Å². The van der Waals surface area contributed by atoms with E-state index in [0.717, 1.165) is 16.8 Å². The predicted octanol–water partition coefficient (Wildman–Crippen LogP) is 3.67. The van der Waals surface area contributed by atoms with E-state index >= 15 is 0 Å². The van der Waals surface area contributed by atoms with E-state index in [0.29, 0.717) is 5.92 Å². The maximum Gasteiger partial charge on any atom is 0.0681 e. The number of nitrogens with zero attached hydrogens (tertiary/aromatic N) is 1. The zero-order valence-electron chi connectivity index (χ0n) is 11.1. The third-order valence-electron chi connectivity index (χ3n) is 3.22. The van der Waals surface area contributed by atoms with Gasteiger partial charge in [-0.05, 0) is 35.6 Å². The van der Waals surface area contributed by atoms with E-state index in [1.807, 2.05) is 37.4 Å². The summed E-state index contributed by atoms with van der Waals surface area (Å²) >= 11 is 0. The third kappa shape index (κ3) is 2.59. The molecule has 2 rings (SSSR count). The molecule has 0 aliphatic heterocycles. The molecular formula is C16H19NO. The van der Waals surface area contributed by atoms with Gasteiger partial charge in [-0.15, -0.1) is 0 Å². The molecule has 0 saturated heterocycles. The minimum absolute atomic E-state index is 0.0869. The Bertz CT molecular complexity index is 529. The zero-order valence-corrected chi connectivity index (χ0v) is 11.1. The molecular weight excluding hydrogens is 222 g/mol. The molecule has 94 valence electrons. The van der Waals surface area contributed by atoms with Crippen molar-refractivity contribution in [3.63, 3.8) is 0 Å². The van der Waals surface area contributed by atoms with Crippen LogP contribution < -0.4 is 0 Å². The Labute approximate surface area is 108 Å². The van der Waals surface area contributed by atoms with Crippen LogP contribution in [0.15, 0.2) is 36.5 Å². The van der Waals surface area contributed by atoms with Crippen molar-refractivity contribution in [2.75, 3.05) is 0 Å². The first-order valence-electron chi connectivity index (χ1n) is 6.28. The fraction of sp³-hybridized carbons (Fsp3) is 0.312. The average molecular weight is 241 g/mol. The summed E-state index contributed by atoms with van der Waals surface area (Å²) in [5.74, 6) is 0.480. The van der Waals surface area contributed by atoms with Crippen LogP contribution in [0.1, 0.15) is 36.6 Å². The number of pyridine rings is 1. The smallest absolute Gasteiger partial charge is 0.0681 e. The van der Waals surface area contributed by atoms with Crippen molar-refractivity contribution < 1.29 is 5.11 Å². The Balaban J connectivity index is 2.45. The van der Waals surface area contributed by atoms with Crippen LogP contribution in [-0.4, -0.2) is 10.1 Å². The van der Waals surface area contributed by atoms with Gasteiger partial charge in [0.25, 0.3) is 0 Å². The van der Waals surface area contributed by atoms with Gasteiger partial charge in [0.15, 0.2) is 0 Å². The lowest BCUT2D eigenvalue weighted by molar-refractivity contribution is 0.282. The molecule has 2 nitrogen and oxygen atoms in total. The molecule has 0 saturated carbocycles. The minimum atomic E-state index is 0.0869. The van der Waals surface area contributed by atoms with Gasteiger partial charge < -0.3 is 5.11 Å². The lowest BCUT2D eigenvalue weighted by atomic mass is 9.97. The lowest BCUT2D eigenvalue weighted by Crippen LogP contribution is -1.94. The van der Waals surface area contributed by atoms with Crippen molar-refractivity contribution in [1.82, 2.24) is 4.98 Å². The normalized spacial score (nSPS) is 10.9. The number of hydrogen-bond donors (Lipinski definition) is 1. The molecule has 2 aromatic rings. The molecule has 0 spiro atoms. The van der Waals surface area contributed by atoms with Gasteiger partial charge in [-0.3, -0.25) is 4.98 Å². The second-order valence-electron chi connectivity index (χ2n) is 4.91. The van der Waals surface area contributed by atoms with E-state index in [1.165, 1.54) is 11.1 Å². The molecule has 18 heavy (non-hydrogen) atoms. The summed E-state index contributed by atoms with van der Waals surface area (Å²) in [5.41, 5.74) is 5.55. The first-order valence-corrected chi connectivity index (χ1v) is 6.28. The number of benzene rings is 1. The van der Waals surface area contributed by atoms with E-state index < -0.39 is 0 Å². The van der Waals surface area contributed by atoms with Gasteiger partial charge >= 0.3 is 0 Å². The quantitative estimate of drug-likeness (QED) is 0.889. The molecule has 0 fully saturated rings. The minimum Gasteiger partial charge on any atom is -0.392 e. The van der Waals surface area contributed by atoms with Crippen LogP contribution in [0.3, 0.4) is 0 Å². The highest BCUT2D eigenvalue weighted by molar-refractivity contribution is 5.66. The Morgan fingerprint density at radius 3 is 2.39 bits per heavy atom. The van der Waals surface area contributed by atoms with E-state index in [4.69, 9.17) is 5.11 Å². The number of aliphatic hydroxyl groups excluding tert-OH is 1. The van der Waals surface area contributed by atoms with Crippen molar-refractivity contribution in [1.29, 1.82) is 0 Å². The molecule has 0 aliphatic carbocycles. The van der Waals surface area contributed by atoms with Gasteiger partial charge in [-0.25, -0.2) is 0 Å². The van der Waals surface area contributed by atoms with Crippen LogP contribution in [0.4, 0.5) is 0 Å². The highest BCUT2D eigenvalue weighted by atomic mass is 16.3. The topological polar surface area (TPSA) is 33.1 Å². The summed E-state index contributed by atoms with van der Waals surface area (Å²) in [6.07, 6.45) is 1.95. The van der Waals surface area contributed by atoms with Crippen LogP contribution in [0.5, 0.6) is 0 Å². The zero-order chi connectivity index (χ0) is 13.1. The molecule has 0 atom stereocenters. The second kappa shape index (κ2) is 5.32. The first kappa shape index (κ1) is 12.8. The molecule has 2 heteroatoms. The monoisotopic (exact) mass is 241 g/mol. The molecule has 0 bridgehead atoms. The van der Waals surface area contributed by atoms with E-state index in [-0.39, 0.29) is 6.61 Å². The lowest BCUT2D eigenvalue weighted by Gasteiger charge is -2.11. The van der Waals surface area contributed by atoms with Crippen LogP contribution in [-0.2, 0) is 6.61 Å². The first-order chi connectivity index (χ1) is 8.61. The molecule has 0 radical (unpaired) electrons. The summed E-state index contributed by atoms with van der Waals surface area (Å²) in [6, 6.07) is 10.2. The largest absolute Gasteiger partial charge is 0.392 e. The SMILES string of the molecule is Cc1ncc(C(C)C)cc1-c1ccc(CO)cc1. The number of aliphatic hydroxyl groups is 1. The number of aryl methyl sites for hydroxylation is 1. The van der Waals surface area contributed by atoms with Crippen molar-refractivity contribution in [3.8, 4) is 11.1 Å². The van der Waals surface area contributed by atoms with Gasteiger partial charge in [0, 0.05) is 17.5 Å². The maximum atomic E-state index is 9.06. The highest BCUT2D eigenvalue weighted by Crippen LogP contribution is 2.26. The molecule has 0 unspecified atom stereocenters. The van der Waals surface area contributed by atoms with Gasteiger partial charge in [-0.1, -0.05) is 38.1 Å².